The van der Waals surface area contributed by atoms with Gasteiger partial charge in [-0.3, -0.25) is 4.79 Å². The van der Waals surface area contributed by atoms with Gasteiger partial charge in [0.05, 0.1) is 12.1 Å². The van der Waals surface area contributed by atoms with Crippen molar-refractivity contribution >= 4 is 5.91 Å². The molecule has 1 aliphatic carbocycles. The molecule has 0 spiro atoms. The fourth-order valence-corrected chi connectivity index (χ4v) is 2.77. The number of benzene rings is 1. The average molecular weight is 281 g/mol. The van der Waals surface area contributed by atoms with Crippen molar-refractivity contribution < 1.29 is 19.0 Å². The summed E-state index contributed by atoms with van der Waals surface area (Å²) in [5.41, 5.74) is 0.291. The number of halogens is 1. The van der Waals surface area contributed by atoms with E-state index in [1.165, 1.54) is 23.1 Å². The minimum Gasteiger partial charge on any atom is -0.388 e. The van der Waals surface area contributed by atoms with Crippen LogP contribution in [-0.4, -0.2) is 48.3 Å². The molecule has 1 aliphatic rings. The van der Waals surface area contributed by atoms with Gasteiger partial charge in [-0.1, -0.05) is 6.07 Å². The van der Waals surface area contributed by atoms with Gasteiger partial charge in [-0.15, -0.1) is 0 Å². The molecule has 1 aromatic carbocycles. The van der Waals surface area contributed by atoms with Gasteiger partial charge in [0.15, 0.2) is 0 Å². The van der Waals surface area contributed by atoms with E-state index in [1.807, 2.05) is 0 Å². The van der Waals surface area contributed by atoms with Crippen molar-refractivity contribution in [3.05, 3.63) is 35.6 Å². The quantitative estimate of drug-likeness (QED) is 0.919. The van der Waals surface area contributed by atoms with Crippen LogP contribution in [0.1, 0.15) is 29.6 Å². The maximum absolute atomic E-state index is 13.2. The van der Waals surface area contributed by atoms with Gasteiger partial charge < -0.3 is 14.7 Å². The molecule has 3 atom stereocenters. The molecule has 0 aromatic heterocycles. The molecule has 1 saturated carbocycles. The Hall–Kier alpha value is -1.46. The lowest BCUT2D eigenvalue weighted by Crippen LogP contribution is -2.52. The molecule has 0 unspecified atom stereocenters. The number of likely N-dealkylation sites (N-methyl/N-ethyl adjacent to an activating group) is 1. The second kappa shape index (κ2) is 6.33. The number of aliphatic hydroxyl groups is 1. The molecular weight excluding hydrogens is 261 g/mol. The van der Waals surface area contributed by atoms with E-state index in [9.17, 15) is 14.3 Å². The highest BCUT2D eigenvalue weighted by Gasteiger charge is 2.36. The molecule has 2 rings (SSSR count). The van der Waals surface area contributed by atoms with E-state index in [0.717, 1.165) is 19.3 Å². The van der Waals surface area contributed by atoms with Crippen molar-refractivity contribution in [1.29, 1.82) is 0 Å². The number of rotatable bonds is 3. The molecule has 0 bridgehead atoms. The lowest BCUT2D eigenvalue weighted by molar-refractivity contribution is -0.0714. The lowest BCUT2D eigenvalue weighted by atomic mass is 9.88. The summed E-state index contributed by atoms with van der Waals surface area (Å²) >= 11 is 0. The number of hydrogen-bond acceptors (Lipinski definition) is 3. The van der Waals surface area contributed by atoms with Gasteiger partial charge in [-0.05, 0) is 37.5 Å². The fourth-order valence-electron chi connectivity index (χ4n) is 2.77. The molecule has 1 amide bonds. The molecule has 110 valence electrons. The monoisotopic (exact) mass is 281 g/mol. The van der Waals surface area contributed by atoms with Crippen LogP contribution in [-0.2, 0) is 4.74 Å². The minimum atomic E-state index is -0.712. The first kappa shape index (κ1) is 14.9. The van der Waals surface area contributed by atoms with E-state index in [0.29, 0.717) is 5.56 Å². The zero-order valence-electron chi connectivity index (χ0n) is 11.8. The second-order valence-corrected chi connectivity index (χ2v) is 5.19. The first-order chi connectivity index (χ1) is 9.54. The summed E-state index contributed by atoms with van der Waals surface area (Å²) in [5.74, 6) is -0.728. The van der Waals surface area contributed by atoms with Crippen molar-refractivity contribution in [3.8, 4) is 0 Å². The van der Waals surface area contributed by atoms with E-state index < -0.39 is 11.9 Å². The van der Waals surface area contributed by atoms with E-state index in [1.54, 1.807) is 20.2 Å². The molecule has 0 saturated heterocycles. The maximum atomic E-state index is 13.2. The Labute approximate surface area is 118 Å². The van der Waals surface area contributed by atoms with Crippen molar-refractivity contribution in [2.24, 2.45) is 0 Å². The molecule has 0 radical (unpaired) electrons. The molecule has 4 nitrogen and oxygen atoms in total. The zero-order valence-corrected chi connectivity index (χ0v) is 11.8. The topological polar surface area (TPSA) is 49.8 Å². The number of hydrogen-bond donors (Lipinski definition) is 1. The Morgan fingerprint density at radius 1 is 1.45 bits per heavy atom. The predicted octanol–water partition coefficient (Wildman–Crippen LogP) is 1.83. The molecule has 1 N–H and O–H groups in total. The van der Waals surface area contributed by atoms with Crippen LogP contribution in [0, 0.1) is 5.82 Å². The summed E-state index contributed by atoms with van der Waals surface area (Å²) in [5, 5.41) is 10.3. The Balaban J connectivity index is 2.13. The molecule has 0 aliphatic heterocycles. The van der Waals surface area contributed by atoms with Crippen LogP contribution in [0.5, 0.6) is 0 Å². The van der Waals surface area contributed by atoms with Gasteiger partial charge in [-0.25, -0.2) is 4.39 Å². The first-order valence-electron chi connectivity index (χ1n) is 6.78. The maximum Gasteiger partial charge on any atom is 0.254 e. The standard InChI is InChI=1S/C15H20FNO3/c1-17(12-7-4-8-13(20-2)14(12)18)15(19)10-5-3-6-11(16)9-10/h3,5-6,9,12-14,18H,4,7-8H2,1-2H3/t12-,13-,14-/m1/s1. The smallest absolute Gasteiger partial charge is 0.254 e. The second-order valence-electron chi connectivity index (χ2n) is 5.19. The third-order valence-electron chi connectivity index (χ3n) is 3.96. The summed E-state index contributed by atoms with van der Waals surface area (Å²) in [6, 6.07) is 5.29. The summed E-state index contributed by atoms with van der Waals surface area (Å²) in [6.45, 7) is 0. The van der Waals surface area contributed by atoms with Crippen LogP contribution in [0.2, 0.25) is 0 Å². The van der Waals surface area contributed by atoms with Crippen LogP contribution in [0.15, 0.2) is 24.3 Å². The Bertz CT molecular complexity index is 480. The van der Waals surface area contributed by atoms with Gasteiger partial charge in [0.2, 0.25) is 0 Å². The van der Waals surface area contributed by atoms with Crippen molar-refractivity contribution in [2.75, 3.05) is 14.2 Å². The van der Waals surface area contributed by atoms with Gasteiger partial charge in [0.25, 0.3) is 5.91 Å². The molecule has 20 heavy (non-hydrogen) atoms. The van der Waals surface area contributed by atoms with Crippen LogP contribution in [0.25, 0.3) is 0 Å². The van der Waals surface area contributed by atoms with Crippen molar-refractivity contribution in [2.45, 2.75) is 37.5 Å². The van der Waals surface area contributed by atoms with Crippen LogP contribution in [0.3, 0.4) is 0 Å². The van der Waals surface area contributed by atoms with Gasteiger partial charge >= 0.3 is 0 Å². The predicted molar refractivity (Wildman–Crippen MR) is 72.9 cm³/mol. The third-order valence-corrected chi connectivity index (χ3v) is 3.96. The average Bonchev–Trinajstić information content (AvgIpc) is 2.46. The lowest BCUT2D eigenvalue weighted by Gasteiger charge is -2.39. The SMILES string of the molecule is CO[C@@H]1CCC[C@@H](N(C)C(=O)c2cccc(F)c2)[C@H]1O. The van der Waals surface area contributed by atoms with E-state index in [2.05, 4.69) is 0 Å². The summed E-state index contributed by atoms with van der Waals surface area (Å²) in [6.07, 6.45) is 1.43. The normalized spacial score (nSPS) is 26.3. The number of carbonyl (C=O) groups is 1. The van der Waals surface area contributed by atoms with E-state index in [-0.39, 0.29) is 18.1 Å². The number of ether oxygens (including phenoxy) is 1. The molecule has 1 aromatic rings. The van der Waals surface area contributed by atoms with Crippen molar-refractivity contribution in [3.63, 3.8) is 0 Å². The van der Waals surface area contributed by atoms with E-state index in [4.69, 9.17) is 4.74 Å². The fraction of sp³-hybridized carbons (Fsp3) is 0.533. The Morgan fingerprint density at radius 2 is 2.20 bits per heavy atom. The number of methoxy groups -OCH3 is 1. The third kappa shape index (κ3) is 2.99. The Kier molecular flexibility index (Phi) is 4.73. The molecule has 1 fully saturated rings. The highest BCUT2D eigenvalue weighted by molar-refractivity contribution is 5.94. The van der Waals surface area contributed by atoms with E-state index >= 15 is 0 Å². The summed E-state index contributed by atoms with van der Waals surface area (Å²) in [4.78, 5) is 13.8. The molecule has 5 heteroatoms. The highest BCUT2D eigenvalue weighted by atomic mass is 19.1. The van der Waals surface area contributed by atoms with Crippen LogP contribution in [0.4, 0.5) is 4.39 Å². The van der Waals surface area contributed by atoms with Gasteiger partial charge in [0.1, 0.15) is 11.9 Å². The van der Waals surface area contributed by atoms with Gasteiger partial charge in [0, 0.05) is 19.7 Å². The zero-order chi connectivity index (χ0) is 14.7. The van der Waals surface area contributed by atoms with Crippen LogP contribution >= 0.6 is 0 Å². The summed E-state index contributed by atoms with van der Waals surface area (Å²) in [7, 11) is 3.20. The number of aliphatic hydroxyl groups excluding tert-OH is 1. The first-order valence-corrected chi connectivity index (χ1v) is 6.78. The highest BCUT2D eigenvalue weighted by Crippen LogP contribution is 2.25. The number of nitrogens with zero attached hydrogens (tertiary/aromatic N) is 1. The van der Waals surface area contributed by atoms with Crippen LogP contribution < -0.4 is 0 Å². The van der Waals surface area contributed by atoms with Crippen molar-refractivity contribution in [1.82, 2.24) is 4.90 Å². The van der Waals surface area contributed by atoms with Gasteiger partial charge in [-0.2, -0.15) is 0 Å². The molecule has 0 heterocycles. The molecular formula is C15H20FNO3. The number of carbonyl (C=O) groups excluding carboxylic acids is 1. The minimum absolute atomic E-state index is 0.253. The largest absolute Gasteiger partial charge is 0.388 e. The number of amides is 1. The Morgan fingerprint density at radius 3 is 2.85 bits per heavy atom. The summed E-state index contributed by atoms with van der Waals surface area (Å²) < 4.78 is 18.4.